The van der Waals surface area contributed by atoms with Gasteiger partial charge in [0.15, 0.2) is 0 Å². The lowest BCUT2D eigenvalue weighted by Gasteiger charge is -2.33. The van der Waals surface area contributed by atoms with Crippen LogP contribution in [0.15, 0.2) is 42.6 Å². The van der Waals surface area contributed by atoms with Crippen molar-refractivity contribution in [1.82, 2.24) is 9.88 Å². The molecule has 1 unspecified atom stereocenters. The number of halogens is 3. The van der Waals surface area contributed by atoms with E-state index in [9.17, 15) is 22.8 Å². The number of benzene rings is 1. The number of likely N-dealkylation sites (tertiary alicyclic amines) is 1. The molecule has 148 valence electrons. The molecule has 28 heavy (non-hydrogen) atoms. The largest absolute Gasteiger partial charge is 0.488 e. The second kappa shape index (κ2) is 7.87. The number of amides is 2. The summed E-state index contributed by atoms with van der Waals surface area (Å²) >= 11 is 0. The third-order valence-electron chi connectivity index (χ3n) is 4.41. The summed E-state index contributed by atoms with van der Waals surface area (Å²) in [5.41, 5.74) is 4.66. The van der Waals surface area contributed by atoms with Crippen LogP contribution < -0.4 is 10.5 Å². The van der Waals surface area contributed by atoms with E-state index in [0.717, 1.165) is 12.1 Å². The van der Waals surface area contributed by atoms with Gasteiger partial charge < -0.3 is 15.4 Å². The van der Waals surface area contributed by atoms with Crippen LogP contribution in [-0.2, 0) is 6.18 Å². The Morgan fingerprint density at radius 1 is 1.18 bits per heavy atom. The number of piperidine rings is 1. The van der Waals surface area contributed by atoms with E-state index in [1.54, 1.807) is 11.0 Å². The molecule has 1 aromatic carbocycles. The Morgan fingerprint density at radius 2 is 1.89 bits per heavy atom. The number of ether oxygens (including phenoxy) is 1. The number of carbonyl (C=O) groups excluding carboxylic acids is 2. The first-order chi connectivity index (χ1) is 13.2. The van der Waals surface area contributed by atoms with Crippen molar-refractivity contribution < 1.29 is 27.5 Å². The van der Waals surface area contributed by atoms with E-state index in [2.05, 4.69) is 4.98 Å². The maximum Gasteiger partial charge on any atom is 0.416 e. The van der Waals surface area contributed by atoms with E-state index >= 15 is 0 Å². The molecule has 1 saturated heterocycles. The van der Waals surface area contributed by atoms with Gasteiger partial charge in [0.05, 0.1) is 12.1 Å². The second-order valence-corrected chi connectivity index (χ2v) is 6.45. The number of nitrogens with two attached hydrogens (primary N) is 1. The Hall–Kier alpha value is -3.10. The van der Waals surface area contributed by atoms with Crippen molar-refractivity contribution in [2.75, 3.05) is 13.1 Å². The Kier molecular flexibility index (Phi) is 5.53. The van der Waals surface area contributed by atoms with E-state index in [4.69, 9.17) is 10.5 Å². The molecule has 2 N–H and O–H groups in total. The molecule has 0 bridgehead atoms. The van der Waals surface area contributed by atoms with Crippen LogP contribution in [0.5, 0.6) is 5.75 Å². The number of alkyl halides is 3. The zero-order valence-corrected chi connectivity index (χ0v) is 14.8. The van der Waals surface area contributed by atoms with Crippen molar-refractivity contribution in [2.45, 2.75) is 25.1 Å². The van der Waals surface area contributed by atoms with E-state index in [1.807, 2.05) is 0 Å². The molecule has 9 heteroatoms. The zero-order chi connectivity index (χ0) is 20.3. The van der Waals surface area contributed by atoms with E-state index in [0.29, 0.717) is 25.1 Å². The first-order valence-electron chi connectivity index (χ1n) is 8.63. The standard InChI is InChI=1S/C19H18F3N3O3/c20-19(21,22)13-5-3-12(4-6-13)18(27)25-9-1-2-15(11-25)28-14-7-8-24-16(10-14)17(23)26/h3-8,10,15H,1-2,9,11H2,(H2,23,26). The van der Waals surface area contributed by atoms with Gasteiger partial charge in [-0.05, 0) is 43.2 Å². The number of primary amides is 1. The summed E-state index contributed by atoms with van der Waals surface area (Å²) in [5.74, 6) is -0.611. The molecule has 1 fully saturated rings. The topological polar surface area (TPSA) is 85.5 Å². The quantitative estimate of drug-likeness (QED) is 0.866. The molecule has 2 aromatic rings. The number of pyridine rings is 1. The van der Waals surface area contributed by atoms with Gasteiger partial charge in [0.25, 0.3) is 11.8 Å². The minimum atomic E-state index is -4.44. The van der Waals surface area contributed by atoms with Crippen molar-refractivity contribution in [3.63, 3.8) is 0 Å². The van der Waals surface area contributed by atoms with Gasteiger partial charge in [-0.25, -0.2) is 0 Å². The number of carbonyl (C=O) groups is 2. The van der Waals surface area contributed by atoms with Crippen molar-refractivity contribution in [2.24, 2.45) is 5.73 Å². The Labute approximate surface area is 159 Å². The molecule has 1 aliphatic rings. The number of hydrogen-bond donors (Lipinski definition) is 1. The molecule has 2 heterocycles. The van der Waals surface area contributed by atoms with Gasteiger partial charge >= 0.3 is 6.18 Å². The fraction of sp³-hybridized carbons (Fsp3) is 0.316. The molecule has 0 aliphatic carbocycles. The first-order valence-corrected chi connectivity index (χ1v) is 8.63. The van der Waals surface area contributed by atoms with Crippen LogP contribution in [0.4, 0.5) is 13.2 Å². The van der Waals surface area contributed by atoms with Crippen molar-refractivity contribution in [3.05, 3.63) is 59.4 Å². The van der Waals surface area contributed by atoms with Crippen LogP contribution in [0.3, 0.4) is 0 Å². The van der Waals surface area contributed by atoms with Crippen molar-refractivity contribution >= 4 is 11.8 Å². The molecule has 0 spiro atoms. The maximum absolute atomic E-state index is 12.7. The van der Waals surface area contributed by atoms with Crippen molar-refractivity contribution in [3.8, 4) is 5.75 Å². The summed E-state index contributed by atoms with van der Waals surface area (Å²) in [6, 6.07) is 7.16. The van der Waals surface area contributed by atoms with Crippen LogP contribution in [0.2, 0.25) is 0 Å². The Bertz CT molecular complexity index is 869. The highest BCUT2D eigenvalue weighted by atomic mass is 19.4. The summed E-state index contributed by atoms with van der Waals surface area (Å²) in [6.45, 7) is 0.774. The average molecular weight is 393 g/mol. The summed E-state index contributed by atoms with van der Waals surface area (Å²) < 4.78 is 43.8. The van der Waals surface area contributed by atoms with Crippen LogP contribution >= 0.6 is 0 Å². The van der Waals surface area contributed by atoms with Gasteiger partial charge in [0, 0.05) is 24.4 Å². The molecular formula is C19H18F3N3O3. The molecular weight excluding hydrogens is 375 g/mol. The van der Waals surface area contributed by atoms with Crippen LogP contribution in [0, 0.1) is 0 Å². The predicted octanol–water partition coefficient (Wildman–Crippen LogP) is 2.88. The fourth-order valence-corrected chi connectivity index (χ4v) is 3.01. The number of aromatic nitrogens is 1. The normalized spacial score (nSPS) is 17.2. The van der Waals surface area contributed by atoms with Gasteiger partial charge in [-0.1, -0.05) is 0 Å². The van der Waals surface area contributed by atoms with Crippen LogP contribution in [-0.4, -0.2) is 40.9 Å². The van der Waals surface area contributed by atoms with E-state index in [1.165, 1.54) is 24.4 Å². The molecule has 2 amide bonds. The third-order valence-corrected chi connectivity index (χ3v) is 4.41. The van der Waals surface area contributed by atoms with Crippen molar-refractivity contribution in [1.29, 1.82) is 0 Å². The minimum absolute atomic E-state index is 0.0750. The molecule has 0 saturated carbocycles. The summed E-state index contributed by atoms with van der Waals surface area (Å²) in [4.78, 5) is 29.2. The van der Waals surface area contributed by atoms with Crippen LogP contribution in [0.25, 0.3) is 0 Å². The Balaban J connectivity index is 1.66. The van der Waals surface area contributed by atoms with Crippen LogP contribution in [0.1, 0.15) is 39.3 Å². The third kappa shape index (κ3) is 4.59. The van der Waals surface area contributed by atoms with Gasteiger partial charge in [0.1, 0.15) is 17.5 Å². The highest BCUT2D eigenvalue weighted by Gasteiger charge is 2.31. The average Bonchev–Trinajstić information content (AvgIpc) is 2.67. The fourth-order valence-electron chi connectivity index (χ4n) is 3.01. The number of nitrogens with zero attached hydrogens (tertiary/aromatic N) is 2. The molecule has 1 aromatic heterocycles. The second-order valence-electron chi connectivity index (χ2n) is 6.45. The van der Waals surface area contributed by atoms with E-state index in [-0.39, 0.29) is 29.8 Å². The maximum atomic E-state index is 12.7. The monoisotopic (exact) mass is 393 g/mol. The predicted molar refractivity (Wildman–Crippen MR) is 93.8 cm³/mol. The van der Waals surface area contributed by atoms with Gasteiger partial charge in [-0.2, -0.15) is 13.2 Å². The Morgan fingerprint density at radius 3 is 2.54 bits per heavy atom. The molecule has 1 aliphatic heterocycles. The summed E-state index contributed by atoms with van der Waals surface area (Å²) in [6.07, 6.45) is -1.96. The number of rotatable bonds is 4. The summed E-state index contributed by atoms with van der Waals surface area (Å²) in [5, 5.41) is 0. The van der Waals surface area contributed by atoms with E-state index < -0.39 is 17.6 Å². The number of hydrogen-bond acceptors (Lipinski definition) is 4. The SMILES string of the molecule is NC(=O)c1cc(OC2CCCN(C(=O)c3ccc(C(F)(F)F)cc3)C2)ccn1. The molecule has 0 radical (unpaired) electrons. The summed E-state index contributed by atoms with van der Waals surface area (Å²) in [7, 11) is 0. The highest BCUT2D eigenvalue weighted by molar-refractivity contribution is 5.94. The lowest BCUT2D eigenvalue weighted by molar-refractivity contribution is -0.137. The zero-order valence-electron chi connectivity index (χ0n) is 14.8. The van der Waals surface area contributed by atoms with Gasteiger partial charge in [-0.15, -0.1) is 0 Å². The molecule has 6 nitrogen and oxygen atoms in total. The first kappa shape index (κ1) is 19.7. The lowest BCUT2D eigenvalue weighted by atomic mass is 10.1. The lowest BCUT2D eigenvalue weighted by Crippen LogP contribution is -2.44. The molecule has 1 atom stereocenters. The smallest absolute Gasteiger partial charge is 0.416 e. The van der Waals surface area contributed by atoms with Gasteiger partial charge in [-0.3, -0.25) is 14.6 Å². The highest BCUT2D eigenvalue weighted by Crippen LogP contribution is 2.29. The molecule has 3 rings (SSSR count). The van der Waals surface area contributed by atoms with Gasteiger partial charge in [0.2, 0.25) is 0 Å². The minimum Gasteiger partial charge on any atom is -0.488 e.